The van der Waals surface area contributed by atoms with Crippen LogP contribution in [0.1, 0.15) is 25.9 Å². The van der Waals surface area contributed by atoms with Crippen molar-refractivity contribution in [3.8, 4) is 0 Å². The van der Waals surface area contributed by atoms with Gasteiger partial charge in [-0.15, -0.1) is 11.3 Å². The van der Waals surface area contributed by atoms with Gasteiger partial charge in [-0.1, -0.05) is 12.1 Å². The van der Waals surface area contributed by atoms with E-state index in [-0.39, 0.29) is 11.6 Å². The number of carbonyl (C=O) groups excluding carboxylic acids is 2. The van der Waals surface area contributed by atoms with Crippen LogP contribution in [-0.4, -0.2) is 58.2 Å². The van der Waals surface area contributed by atoms with Gasteiger partial charge in [-0.2, -0.15) is 5.10 Å². The molecule has 3 N–H and O–H groups in total. The molecule has 0 unspecified atom stereocenters. The Bertz CT molecular complexity index is 964. The minimum atomic E-state index is -0.391. The van der Waals surface area contributed by atoms with Gasteiger partial charge in [0.2, 0.25) is 0 Å². The maximum atomic E-state index is 12.6. The Labute approximate surface area is 171 Å². The molecule has 0 bridgehead atoms. The molecule has 1 saturated heterocycles. The summed E-state index contributed by atoms with van der Waals surface area (Å²) in [7, 11) is 0. The molecule has 2 amide bonds. The van der Waals surface area contributed by atoms with E-state index in [1.54, 1.807) is 11.6 Å². The Hall–Kier alpha value is -3.08. The van der Waals surface area contributed by atoms with Crippen LogP contribution >= 0.6 is 11.3 Å². The molecule has 0 saturated carbocycles. The standard InChI is InChI=1S/C19H20N6O3S/c26-17(16-15(11-21-24-16)23-18(27)19-20-5-10-29-19)22-14-3-1-13(2-4-14)12-25-6-8-28-9-7-25/h1-5,10-11H,6-9,12H2,(H,21,24)(H,22,26)(H,23,27). The number of ether oxygens (including phenoxy) is 1. The van der Waals surface area contributed by atoms with Gasteiger partial charge in [-0.3, -0.25) is 19.6 Å². The van der Waals surface area contributed by atoms with Crippen molar-refractivity contribution in [2.45, 2.75) is 6.54 Å². The molecule has 3 aromatic rings. The molecular formula is C19H20N6O3S. The third-order valence-corrected chi connectivity index (χ3v) is 5.23. The highest BCUT2D eigenvalue weighted by Crippen LogP contribution is 2.18. The number of aromatic nitrogens is 3. The normalized spacial score (nSPS) is 14.5. The number of benzene rings is 1. The molecule has 9 nitrogen and oxygen atoms in total. The van der Waals surface area contributed by atoms with Gasteiger partial charge in [0.15, 0.2) is 5.01 Å². The van der Waals surface area contributed by atoms with Gasteiger partial charge in [0, 0.05) is 36.9 Å². The first-order valence-electron chi connectivity index (χ1n) is 9.13. The van der Waals surface area contributed by atoms with E-state index >= 15 is 0 Å². The fourth-order valence-corrected chi connectivity index (χ4v) is 3.50. The lowest BCUT2D eigenvalue weighted by atomic mass is 10.2. The van der Waals surface area contributed by atoms with Crippen molar-refractivity contribution < 1.29 is 14.3 Å². The second kappa shape index (κ2) is 8.95. The van der Waals surface area contributed by atoms with Crippen molar-refractivity contribution >= 4 is 34.5 Å². The molecule has 150 valence electrons. The second-order valence-electron chi connectivity index (χ2n) is 6.49. The first kappa shape index (κ1) is 19.2. The molecular weight excluding hydrogens is 392 g/mol. The van der Waals surface area contributed by atoms with E-state index in [4.69, 9.17) is 4.74 Å². The molecule has 1 aromatic carbocycles. The summed E-state index contributed by atoms with van der Waals surface area (Å²) in [4.78, 5) is 31.0. The van der Waals surface area contributed by atoms with E-state index in [0.29, 0.717) is 16.4 Å². The van der Waals surface area contributed by atoms with Crippen LogP contribution in [0.2, 0.25) is 0 Å². The zero-order chi connectivity index (χ0) is 20.1. The highest BCUT2D eigenvalue weighted by molar-refractivity contribution is 7.11. The number of amides is 2. The van der Waals surface area contributed by atoms with Crippen LogP contribution in [0.3, 0.4) is 0 Å². The highest BCUT2D eigenvalue weighted by Gasteiger charge is 2.18. The number of thiazole rings is 1. The van der Waals surface area contributed by atoms with Gasteiger partial charge < -0.3 is 15.4 Å². The smallest absolute Gasteiger partial charge is 0.284 e. The molecule has 29 heavy (non-hydrogen) atoms. The minimum absolute atomic E-state index is 0.173. The van der Waals surface area contributed by atoms with Crippen molar-refractivity contribution in [1.82, 2.24) is 20.1 Å². The molecule has 10 heteroatoms. The third-order valence-electron chi connectivity index (χ3n) is 4.46. The second-order valence-corrected chi connectivity index (χ2v) is 7.38. The predicted octanol–water partition coefficient (Wildman–Crippen LogP) is 2.20. The number of H-pyrrole nitrogens is 1. The van der Waals surface area contributed by atoms with Gasteiger partial charge in [-0.05, 0) is 17.7 Å². The van der Waals surface area contributed by atoms with Crippen LogP contribution in [0, 0.1) is 0 Å². The van der Waals surface area contributed by atoms with E-state index in [0.717, 1.165) is 32.8 Å². The maximum Gasteiger partial charge on any atom is 0.284 e. The van der Waals surface area contributed by atoms with Crippen molar-refractivity contribution in [3.05, 3.63) is 58.3 Å². The summed E-state index contributed by atoms with van der Waals surface area (Å²) in [6.45, 7) is 4.23. The Kier molecular flexibility index (Phi) is 5.94. The van der Waals surface area contributed by atoms with Crippen molar-refractivity contribution in [1.29, 1.82) is 0 Å². The van der Waals surface area contributed by atoms with E-state index in [9.17, 15) is 9.59 Å². The number of hydrogen-bond donors (Lipinski definition) is 3. The van der Waals surface area contributed by atoms with Crippen molar-refractivity contribution in [3.63, 3.8) is 0 Å². The highest BCUT2D eigenvalue weighted by atomic mass is 32.1. The average molecular weight is 412 g/mol. The number of aromatic amines is 1. The number of nitrogens with one attached hydrogen (secondary N) is 3. The van der Waals surface area contributed by atoms with Crippen LogP contribution in [0.5, 0.6) is 0 Å². The summed E-state index contributed by atoms with van der Waals surface area (Å²) in [6.07, 6.45) is 2.94. The Morgan fingerprint density at radius 1 is 1.14 bits per heavy atom. The Morgan fingerprint density at radius 2 is 1.93 bits per heavy atom. The number of nitrogens with zero attached hydrogens (tertiary/aromatic N) is 3. The van der Waals surface area contributed by atoms with Crippen LogP contribution in [0.25, 0.3) is 0 Å². The van der Waals surface area contributed by atoms with E-state index in [1.807, 2.05) is 24.3 Å². The van der Waals surface area contributed by atoms with E-state index in [2.05, 4.69) is 30.7 Å². The average Bonchev–Trinajstić information content (AvgIpc) is 3.42. The molecule has 0 spiro atoms. The summed E-state index contributed by atoms with van der Waals surface area (Å²) in [6, 6.07) is 7.70. The van der Waals surface area contributed by atoms with Gasteiger partial charge in [0.1, 0.15) is 5.69 Å². The van der Waals surface area contributed by atoms with E-state index < -0.39 is 5.91 Å². The topological polar surface area (TPSA) is 112 Å². The number of anilines is 2. The summed E-state index contributed by atoms with van der Waals surface area (Å²) in [5.41, 5.74) is 2.30. The summed E-state index contributed by atoms with van der Waals surface area (Å²) in [5, 5.41) is 14.0. The van der Waals surface area contributed by atoms with Crippen LogP contribution < -0.4 is 10.6 Å². The van der Waals surface area contributed by atoms with Gasteiger partial charge in [0.25, 0.3) is 11.8 Å². The number of hydrogen-bond acceptors (Lipinski definition) is 7. The maximum absolute atomic E-state index is 12.6. The van der Waals surface area contributed by atoms with E-state index in [1.165, 1.54) is 23.1 Å². The Balaban J connectivity index is 1.37. The lowest BCUT2D eigenvalue weighted by Crippen LogP contribution is -2.35. The first-order chi connectivity index (χ1) is 14.2. The summed E-state index contributed by atoms with van der Waals surface area (Å²) < 4.78 is 5.36. The molecule has 0 atom stereocenters. The fourth-order valence-electron chi connectivity index (χ4n) is 2.97. The largest absolute Gasteiger partial charge is 0.379 e. The van der Waals surface area contributed by atoms with Crippen LogP contribution in [-0.2, 0) is 11.3 Å². The SMILES string of the molecule is O=C(Nc1cn[nH]c1C(=O)Nc1ccc(CN2CCOCC2)cc1)c1nccs1. The zero-order valence-electron chi connectivity index (χ0n) is 15.6. The zero-order valence-corrected chi connectivity index (χ0v) is 16.4. The number of carbonyl (C=O) groups is 2. The fraction of sp³-hybridized carbons (Fsp3) is 0.263. The molecule has 4 rings (SSSR count). The van der Waals surface area contributed by atoms with Crippen molar-refractivity contribution in [2.75, 3.05) is 36.9 Å². The molecule has 0 aliphatic carbocycles. The monoisotopic (exact) mass is 412 g/mol. The molecule has 1 aliphatic heterocycles. The van der Waals surface area contributed by atoms with Gasteiger partial charge in [0.05, 0.1) is 25.1 Å². The predicted molar refractivity (Wildman–Crippen MR) is 109 cm³/mol. The lowest BCUT2D eigenvalue weighted by Gasteiger charge is -2.26. The summed E-state index contributed by atoms with van der Waals surface area (Å²) >= 11 is 1.22. The van der Waals surface area contributed by atoms with Crippen molar-refractivity contribution in [2.24, 2.45) is 0 Å². The molecule has 1 fully saturated rings. The quantitative estimate of drug-likeness (QED) is 0.572. The molecule has 3 heterocycles. The van der Waals surface area contributed by atoms with Crippen LogP contribution in [0.4, 0.5) is 11.4 Å². The number of morpholine rings is 1. The van der Waals surface area contributed by atoms with Crippen LogP contribution in [0.15, 0.2) is 42.0 Å². The number of rotatable bonds is 6. The van der Waals surface area contributed by atoms with Gasteiger partial charge >= 0.3 is 0 Å². The molecule has 0 radical (unpaired) electrons. The first-order valence-corrected chi connectivity index (χ1v) is 10.0. The lowest BCUT2D eigenvalue weighted by molar-refractivity contribution is 0.0342. The minimum Gasteiger partial charge on any atom is -0.379 e. The Morgan fingerprint density at radius 3 is 2.66 bits per heavy atom. The molecule has 1 aliphatic rings. The summed E-state index contributed by atoms with van der Waals surface area (Å²) in [5.74, 6) is -0.777. The molecule has 2 aromatic heterocycles. The van der Waals surface area contributed by atoms with Gasteiger partial charge in [-0.25, -0.2) is 4.98 Å². The third kappa shape index (κ3) is 4.86.